The molecule has 0 bridgehead atoms. The minimum absolute atomic E-state index is 0.0697. The lowest BCUT2D eigenvalue weighted by Crippen LogP contribution is -2.39. The van der Waals surface area contributed by atoms with Gasteiger partial charge in [0.05, 0.1) is 5.75 Å². The third-order valence-corrected chi connectivity index (χ3v) is 5.25. The first kappa shape index (κ1) is 16.8. The van der Waals surface area contributed by atoms with Crippen molar-refractivity contribution in [2.45, 2.75) is 29.7 Å². The number of aromatic amines is 1. The van der Waals surface area contributed by atoms with Crippen molar-refractivity contribution in [2.75, 3.05) is 13.1 Å². The molecule has 3 aromatic rings. The number of nitrogens with zero attached hydrogens (tertiary/aromatic N) is 5. The first-order valence-corrected chi connectivity index (χ1v) is 9.40. The van der Waals surface area contributed by atoms with Crippen molar-refractivity contribution in [3.8, 4) is 0 Å². The average molecular weight is 370 g/mol. The van der Waals surface area contributed by atoms with Gasteiger partial charge >= 0.3 is 0 Å². The minimum Gasteiger partial charge on any atom is -0.455 e. The number of likely N-dealkylation sites (tertiary alicyclic amines) is 1. The zero-order valence-electron chi connectivity index (χ0n) is 14.0. The van der Waals surface area contributed by atoms with E-state index in [9.17, 15) is 4.79 Å². The number of H-pyrrole nitrogens is 1. The van der Waals surface area contributed by atoms with Gasteiger partial charge in [-0.1, -0.05) is 11.8 Å². The van der Waals surface area contributed by atoms with E-state index in [-0.39, 0.29) is 11.8 Å². The Hall–Kier alpha value is -2.68. The molecule has 1 fully saturated rings. The van der Waals surface area contributed by atoms with Gasteiger partial charge in [0.25, 0.3) is 5.91 Å². The standard InChI is InChI=1S/C17H18N6O2S/c24-16(15-4-3-13(25-15)9-26-17-20-11-21-22-17)23-7-1-2-12(8-23)14-5-6-18-10-19-14/h3-6,10-12H,1-2,7-9H2,(H,20,21,22)/t12-/m1/s1. The monoisotopic (exact) mass is 370 g/mol. The Labute approximate surface area is 154 Å². The summed E-state index contributed by atoms with van der Waals surface area (Å²) in [7, 11) is 0. The van der Waals surface area contributed by atoms with E-state index in [1.807, 2.05) is 17.0 Å². The molecule has 8 nitrogen and oxygen atoms in total. The fourth-order valence-corrected chi connectivity index (χ4v) is 3.75. The minimum atomic E-state index is -0.0697. The number of hydrogen-bond acceptors (Lipinski definition) is 7. The Kier molecular flexibility index (Phi) is 4.96. The number of aromatic nitrogens is 5. The maximum Gasteiger partial charge on any atom is 0.289 e. The van der Waals surface area contributed by atoms with Crippen LogP contribution >= 0.6 is 11.8 Å². The number of amides is 1. The van der Waals surface area contributed by atoms with Gasteiger partial charge < -0.3 is 9.32 Å². The summed E-state index contributed by atoms with van der Waals surface area (Å²) >= 11 is 1.48. The van der Waals surface area contributed by atoms with Crippen LogP contribution in [0.1, 0.15) is 40.8 Å². The highest BCUT2D eigenvalue weighted by Crippen LogP contribution is 2.27. The van der Waals surface area contributed by atoms with Gasteiger partial charge in [-0.15, -0.1) is 0 Å². The summed E-state index contributed by atoms with van der Waals surface area (Å²) in [6.45, 7) is 1.39. The summed E-state index contributed by atoms with van der Waals surface area (Å²) in [6.07, 6.45) is 6.74. The molecule has 4 rings (SSSR count). The lowest BCUT2D eigenvalue weighted by atomic mass is 9.94. The zero-order valence-corrected chi connectivity index (χ0v) is 14.9. The van der Waals surface area contributed by atoms with Gasteiger partial charge in [0.2, 0.25) is 0 Å². The molecule has 1 aliphatic rings. The predicted octanol–water partition coefficient (Wildman–Crippen LogP) is 2.50. The second-order valence-electron chi connectivity index (χ2n) is 6.07. The van der Waals surface area contributed by atoms with Crippen molar-refractivity contribution in [3.63, 3.8) is 0 Å². The van der Waals surface area contributed by atoms with Crippen LogP contribution in [-0.2, 0) is 5.75 Å². The molecule has 3 aromatic heterocycles. The summed E-state index contributed by atoms with van der Waals surface area (Å²) in [5, 5.41) is 7.31. The summed E-state index contributed by atoms with van der Waals surface area (Å²) in [4.78, 5) is 27.0. The number of carbonyl (C=O) groups is 1. The summed E-state index contributed by atoms with van der Waals surface area (Å²) in [6, 6.07) is 5.50. The number of piperidine rings is 1. The highest BCUT2D eigenvalue weighted by molar-refractivity contribution is 7.98. The van der Waals surface area contributed by atoms with Crippen molar-refractivity contribution in [1.29, 1.82) is 0 Å². The van der Waals surface area contributed by atoms with Gasteiger partial charge in [0, 0.05) is 30.9 Å². The molecule has 0 unspecified atom stereocenters. The van der Waals surface area contributed by atoms with Crippen LogP contribution in [0.2, 0.25) is 0 Å². The second-order valence-corrected chi connectivity index (χ2v) is 7.03. The molecule has 0 radical (unpaired) electrons. The van der Waals surface area contributed by atoms with Crippen LogP contribution < -0.4 is 0 Å². The first-order chi connectivity index (χ1) is 12.8. The van der Waals surface area contributed by atoms with Crippen LogP contribution in [0.4, 0.5) is 0 Å². The fourth-order valence-electron chi connectivity index (χ4n) is 3.07. The number of hydrogen-bond donors (Lipinski definition) is 1. The largest absolute Gasteiger partial charge is 0.455 e. The number of furan rings is 1. The molecule has 134 valence electrons. The van der Waals surface area contributed by atoms with E-state index < -0.39 is 0 Å². The van der Waals surface area contributed by atoms with Gasteiger partial charge in [0.1, 0.15) is 18.4 Å². The molecule has 26 heavy (non-hydrogen) atoms. The van der Waals surface area contributed by atoms with E-state index in [4.69, 9.17) is 4.42 Å². The van der Waals surface area contributed by atoms with E-state index >= 15 is 0 Å². The SMILES string of the molecule is O=C(c1ccc(CSc2ncn[nH]2)o1)N1CCC[C@@H](c2ccncn2)C1. The van der Waals surface area contributed by atoms with Gasteiger partial charge in [-0.25, -0.2) is 15.0 Å². The van der Waals surface area contributed by atoms with Crippen LogP contribution in [0, 0.1) is 0 Å². The van der Waals surface area contributed by atoms with Crippen LogP contribution in [0.25, 0.3) is 0 Å². The molecule has 1 aliphatic heterocycles. The number of thioether (sulfide) groups is 1. The predicted molar refractivity (Wildman–Crippen MR) is 94.6 cm³/mol. The average Bonchev–Trinajstić information content (AvgIpc) is 3.38. The molecule has 4 heterocycles. The van der Waals surface area contributed by atoms with Gasteiger partial charge in [0.15, 0.2) is 10.9 Å². The topological polar surface area (TPSA) is 101 Å². The Morgan fingerprint density at radius 2 is 2.27 bits per heavy atom. The zero-order chi connectivity index (χ0) is 17.8. The molecule has 1 saturated heterocycles. The number of nitrogens with one attached hydrogen (secondary N) is 1. The normalized spacial score (nSPS) is 17.4. The fraction of sp³-hybridized carbons (Fsp3) is 0.353. The maximum atomic E-state index is 12.8. The van der Waals surface area contributed by atoms with Crippen LogP contribution in [0.5, 0.6) is 0 Å². The van der Waals surface area contributed by atoms with E-state index in [1.165, 1.54) is 18.1 Å². The second kappa shape index (κ2) is 7.69. The number of rotatable bonds is 5. The van der Waals surface area contributed by atoms with Gasteiger partial charge in [-0.2, -0.15) is 5.10 Å². The molecule has 0 spiro atoms. The Balaban J connectivity index is 1.39. The summed E-state index contributed by atoms with van der Waals surface area (Å²) in [5.74, 6) is 1.87. The Morgan fingerprint density at radius 3 is 3.08 bits per heavy atom. The lowest BCUT2D eigenvalue weighted by molar-refractivity contribution is 0.0672. The molecule has 0 aromatic carbocycles. The van der Waals surface area contributed by atoms with Crippen molar-refractivity contribution in [3.05, 3.63) is 54.3 Å². The molecular weight excluding hydrogens is 352 g/mol. The highest BCUT2D eigenvalue weighted by atomic mass is 32.2. The third-order valence-electron chi connectivity index (χ3n) is 4.35. The van der Waals surface area contributed by atoms with Crippen LogP contribution in [-0.4, -0.2) is 49.0 Å². The van der Waals surface area contributed by atoms with Gasteiger partial charge in [-0.05, 0) is 31.0 Å². The van der Waals surface area contributed by atoms with Crippen molar-refractivity contribution < 1.29 is 9.21 Å². The van der Waals surface area contributed by atoms with Crippen LogP contribution in [0.3, 0.4) is 0 Å². The molecule has 0 aliphatic carbocycles. The molecular formula is C17H18N6O2S. The van der Waals surface area contributed by atoms with E-state index in [1.54, 1.807) is 18.6 Å². The van der Waals surface area contributed by atoms with E-state index in [0.717, 1.165) is 36.0 Å². The molecule has 9 heteroatoms. The maximum absolute atomic E-state index is 12.8. The summed E-state index contributed by atoms with van der Waals surface area (Å²) < 4.78 is 5.74. The van der Waals surface area contributed by atoms with Gasteiger partial charge in [-0.3, -0.25) is 9.89 Å². The quantitative estimate of drug-likeness (QED) is 0.689. The first-order valence-electron chi connectivity index (χ1n) is 8.41. The molecule has 0 saturated carbocycles. The highest BCUT2D eigenvalue weighted by Gasteiger charge is 2.27. The summed E-state index contributed by atoms with van der Waals surface area (Å²) in [5.41, 5.74) is 0.987. The molecule has 1 atom stereocenters. The smallest absolute Gasteiger partial charge is 0.289 e. The van der Waals surface area contributed by atoms with Crippen molar-refractivity contribution in [1.82, 2.24) is 30.0 Å². The Morgan fingerprint density at radius 1 is 1.31 bits per heavy atom. The Bertz CT molecular complexity index is 851. The lowest BCUT2D eigenvalue weighted by Gasteiger charge is -2.31. The van der Waals surface area contributed by atoms with E-state index in [2.05, 4.69) is 25.1 Å². The van der Waals surface area contributed by atoms with Crippen molar-refractivity contribution in [2.24, 2.45) is 0 Å². The van der Waals surface area contributed by atoms with Crippen LogP contribution in [0.15, 0.2) is 46.6 Å². The van der Waals surface area contributed by atoms with Crippen molar-refractivity contribution >= 4 is 17.7 Å². The third kappa shape index (κ3) is 3.77. The number of carbonyl (C=O) groups excluding carboxylic acids is 1. The van der Waals surface area contributed by atoms with E-state index in [0.29, 0.717) is 18.1 Å². The molecule has 1 N–H and O–H groups in total. The molecule has 1 amide bonds.